The minimum Gasteiger partial charge on any atom is -0.496 e. The summed E-state index contributed by atoms with van der Waals surface area (Å²) in [5.41, 5.74) is 1.79. The van der Waals surface area contributed by atoms with Crippen molar-refractivity contribution in [2.75, 3.05) is 26.6 Å². The summed E-state index contributed by atoms with van der Waals surface area (Å²) in [4.78, 5) is 8.44. The van der Waals surface area contributed by atoms with Gasteiger partial charge >= 0.3 is 0 Å². The van der Waals surface area contributed by atoms with Gasteiger partial charge in [-0.05, 0) is 13.0 Å². The molecular weight excluding hydrogens is 310 g/mol. The van der Waals surface area contributed by atoms with Gasteiger partial charge < -0.3 is 19.5 Å². The number of fused-ring (bicyclic) bond motifs is 1. The first kappa shape index (κ1) is 15.9. The molecule has 0 bridgehead atoms. The van der Waals surface area contributed by atoms with Crippen LogP contribution in [-0.2, 0) is 6.54 Å². The zero-order valence-corrected chi connectivity index (χ0v) is 14.0. The summed E-state index contributed by atoms with van der Waals surface area (Å²) in [5, 5.41) is 7.52. The Kier molecular flexibility index (Phi) is 4.37. The SMILES string of the molecule is COc1cc(OC)c(OC)cc1CNc1cc(C)nc2ncnn12. The van der Waals surface area contributed by atoms with E-state index in [-0.39, 0.29) is 0 Å². The van der Waals surface area contributed by atoms with Crippen LogP contribution >= 0.6 is 0 Å². The van der Waals surface area contributed by atoms with Crippen molar-refractivity contribution in [3.8, 4) is 17.2 Å². The molecule has 0 aliphatic rings. The molecule has 0 aliphatic carbocycles. The highest BCUT2D eigenvalue weighted by Crippen LogP contribution is 2.34. The van der Waals surface area contributed by atoms with E-state index in [2.05, 4.69) is 20.4 Å². The number of hydrogen-bond donors (Lipinski definition) is 1. The van der Waals surface area contributed by atoms with Crippen LogP contribution in [0, 0.1) is 6.92 Å². The van der Waals surface area contributed by atoms with E-state index in [1.165, 1.54) is 6.33 Å². The van der Waals surface area contributed by atoms with E-state index in [9.17, 15) is 0 Å². The Labute approximate surface area is 139 Å². The van der Waals surface area contributed by atoms with Gasteiger partial charge in [-0.25, -0.2) is 4.98 Å². The number of nitrogens with one attached hydrogen (secondary N) is 1. The predicted molar refractivity (Wildman–Crippen MR) is 88.9 cm³/mol. The van der Waals surface area contributed by atoms with Gasteiger partial charge in [0.25, 0.3) is 5.78 Å². The van der Waals surface area contributed by atoms with Crippen molar-refractivity contribution in [2.24, 2.45) is 0 Å². The van der Waals surface area contributed by atoms with Gasteiger partial charge in [-0.15, -0.1) is 0 Å². The molecule has 0 saturated carbocycles. The van der Waals surface area contributed by atoms with E-state index in [1.807, 2.05) is 19.1 Å². The Balaban J connectivity index is 1.92. The highest BCUT2D eigenvalue weighted by Gasteiger charge is 2.13. The molecular formula is C16H19N5O3. The number of aromatic nitrogens is 4. The molecule has 0 amide bonds. The maximum absolute atomic E-state index is 5.45. The van der Waals surface area contributed by atoms with Crippen LogP contribution in [0.4, 0.5) is 5.82 Å². The maximum Gasteiger partial charge on any atom is 0.254 e. The highest BCUT2D eigenvalue weighted by molar-refractivity contribution is 5.52. The number of rotatable bonds is 6. The lowest BCUT2D eigenvalue weighted by Gasteiger charge is -2.15. The molecule has 0 atom stereocenters. The molecule has 1 N–H and O–H groups in total. The smallest absolute Gasteiger partial charge is 0.254 e. The summed E-state index contributed by atoms with van der Waals surface area (Å²) in [6.07, 6.45) is 1.48. The third kappa shape index (κ3) is 2.90. The first-order chi connectivity index (χ1) is 11.7. The molecule has 2 aromatic heterocycles. The fourth-order valence-corrected chi connectivity index (χ4v) is 2.47. The third-order valence-electron chi connectivity index (χ3n) is 3.63. The van der Waals surface area contributed by atoms with Crippen LogP contribution in [0.25, 0.3) is 5.78 Å². The summed E-state index contributed by atoms with van der Waals surface area (Å²) in [6, 6.07) is 5.60. The largest absolute Gasteiger partial charge is 0.496 e. The van der Waals surface area contributed by atoms with Gasteiger partial charge in [-0.1, -0.05) is 0 Å². The average Bonchev–Trinajstić information content (AvgIpc) is 3.07. The van der Waals surface area contributed by atoms with Gasteiger partial charge in [0.15, 0.2) is 11.5 Å². The standard InChI is InChI=1S/C16H19N5O3/c1-10-5-15(21-16(20-10)18-9-19-21)17-8-11-6-13(23-3)14(24-4)7-12(11)22-2/h5-7,9,17H,8H2,1-4H3. The Morgan fingerprint density at radius 2 is 1.71 bits per heavy atom. The molecule has 0 aliphatic heterocycles. The lowest BCUT2D eigenvalue weighted by atomic mass is 10.1. The second kappa shape index (κ2) is 6.61. The number of anilines is 1. The van der Waals surface area contributed by atoms with Crippen molar-refractivity contribution in [3.05, 3.63) is 35.8 Å². The number of benzene rings is 1. The fraction of sp³-hybridized carbons (Fsp3) is 0.312. The molecule has 8 nitrogen and oxygen atoms in total. The van der Waals surface area contributed by atoms with Crippen molar-refractivity contribution in [1.29, 1.82) is 0 Å². The first-order valence-electron chi connectivity index (χ1n) is 7.36. The van der Waals surface area contributed by atoms with Crippen molar-refractivity contribution in [1.82, 2.24) is 19.6 Å². The van der Waals surface area contributed by atoms with E-state index in [0.717, 1.165) is 17.1 Å². The molecule has 0 fully saturated rings. The topological polar surface area (TPSA) is 82.8 Å². The normalized spacial score (nSPS) is 10.7. The Morgan fingerprint density at radius 3 is 2.42 bits per heavy atom. The summed E-state index contributed by atoms with van der Waals surface area (Å²) < 4.78 is 17.8. The van der Waals surface area contributed by atoms with Crippen LogP contribution in [0.2, 0.25) is 0 Å². The number of methoxy groups -OCH3 is 3. The lowest BCUT2D eigenvalue weighted by Crippen LogP contribution is -2.08. The lowest BCUT2D eigenvalue weighted by molar-refractivity contribution is 0.347. The van der Waals surface area contributed by atoms with E-state index >= 15 is 0 Å². The van der Waals surface area contributed by atoms with E-state index in [4.69, 9.17) is 14.2 Å². The van der Waals surface area contributed by atoms with Crippen molar-refractivity contribution >= 4 is 11.6 Å². The zero-order valence-electron chi connectivity index (χ0n) is 14.0. The second-order valence-electron chi connectivity index (χ2n) is 5.13. The van der Waals surface area contributed by atoms with Gasteiger partial charge in [0.05, 0.1) is 21.3 Å². The van der Waals surface area contributed by atoms with Crippen LogP contribution in [-0.4, -0.2) is 40.9 Å². The van der Waals surface area contributed by atoms with Crippen molar-refractivity contribution in [2.45, 2.75) is 13.5 Å². The predicted octanol–water partition coefficient (Wildman–Crippen LogP) is 2.07. The molecule has 24 heavy (non-hydrogen) atoms. The molecule has 3 aromatic rings. The Bertz CT molecular complexity index is 862. The molecule has 126 valence electrons. The first-order valence-corrected chi connectivity index (χ1v) is 7.36. The van der Waals surface area contributed by atoms with Crippen LogP contribution in [0.1, 0.15) is 11.3 Å². The molecule has 1 aromatic carbocycles. The van der Waals surface area contributed by atoms with Gasteiger partial charge in [0.2, 0.25) is 0 Å². The fourth-order valence-electron chi connectivity index (χ4n) is 2.47. The van der Waals surface area contributed by atoms with Crippen molar-refractivity contribution in [3.63, 3.8) is 0 Å². The summed E-state index contributed by atoms with van der Waals surface area (Å²) in [7, 11) is 4.82. The molecule has 0 spiro atoms. The number of ether oxygens (including phenoxy) is 3. The summed E-state index contributed by atoms with van der Waals surface area (Å²) in [6.45, 7) is 2.43. The summed E-state index contributed by atoms with van der Waals surface area (Å²) in [5.74, 6) is 3.33. The van der Waals surface area contributed by atoms with Gasteiger partial charge in [-0.2, -0.15) is 14.6 Å². The maximum atomic E-state index is 5.45. The van der Waals surface area contributed by atoms with Gasteiger partial charge in [0, 0.05) is 29.9 Å². The highest BCUT2D eigenvalue weighted by atomic mass is 16.5. The second-order valence-corrected chi connectivity index (χ2v) is 5.13. The number of hydrogen-bond acceptors (Lipinski definition) is 7. The monoisotopic (exact) mass is 329 g/mol. The Hall–Kier alpha value is -3.03. The van der Waals surface area contributed by atoms with E-state index < -0.39 is 0 Å². The molecule has 0 saturated heterocycles. The van der Waals surface area contributed by atoms with Crippen molar-refractivity contribution < 1.29 is 14.2 Å². The van der Waals surface area contributed by atoms with E-state index in [1.54, 1.807) is 31.9 Å². The van der Waals surface area contributed by atoms with E-state index in [0.29, 0.717) is 29.6 Å². The quantitative estimate of drug-likeness (QED) is 0.741. The number of aryl methyl sites for hydroxylation is 1. The minimum absolute atomic E-state index is 0.516. The van der Waals surface area contributed by atoms with Crippen LogP contribution in [0.15, 0.2) is 24.5 Å². The minimum atomic E-state index is 0.516. The van der Waals surface area contributed by atoms with Gasteiger partial charge in [0.1, 0.15) is 17.9 Å². The molecule has 8 heteroatoms. The zero-order chi connectivity index (χ0) is 17.1. The molecule has 0 unspecified atom stereocenters. The third-order valence-corrected chi connectivity index (χ3v) is 3.63. The average molecular weight is 329 g/mol. The van der Waals surface area contributed by atoms with Crippen LogP contribution < -0.4 is 19.5 Å². The van der Waals surface area contributed by atoms with Crippen LogP contribution in [0.5, 0.6) is 17.2 Å². The summed E-state index contributed by atoms with van der Waals surface area (Å²) >= 11 is 0. The number of nitrogens with zero attached hydrogens (tertiary/aromatic N) is 4. The van der Waals surface area contributed by atoms with Crippen LogP contribution in [0.3, 0.4) is 0 Å². The van der Waals surface area contributed by atoms with Gasteiger partial charge in [-0.3, -0.25) is 0 Å². The molecule has 2 heterocycles. The molecule has 0 radical (unpaired) electrons. The molecule has 3 rings (SSSR count). The Morgan fingerprint density at radius 1 is 1.00 bits per heavy atom.